The molecule has 4 rings (SSSR count). The molecule has 6 nitrogen and oxygen atoms in total. The van der Waals surface area contributed by atoms with Gasteiger partial charge < -0.3 is 10.1 Å². The predicted molar refractivity (Wildman–Crippen MR) is 98.1 cm³/mol. The summed E-state index contributed by atoms with van der Waals surface area (Å²) in [5.41, 5.74) is 2.22. The molecule has 2 aliphatic rings. The number of ether oxygens (including phenoxy) is 1. The highest BCUT2D eigenvalue weighted by Gasteiger charge is 2.31. The molecule has 1 saturated heterocycles. The number of para-hydroxylation sites is 1. The van der Waals surface area contributed by atoms with Gasteiger partial charge >= 0.3 is 0 Å². The molecule has 2 aromatic rings. The van der Waals surface area contributed by atoms with Gasteiger partial charge in [-0.1, -0.05) is 18.2 Å². The second-order valence-corrected chi connectivity index (χ2v) is 8.27. The molecule has 0 aliphatic carbocycles. The molecule has 1 N–H and O–H groups in total. The number of sulfonamides is 1. The van der Waals surface area contributed by atoms with Gasteiger partial charge in [-0.25, -0.2) is 8.42 Å². The molecule has 2 aliphatic heterocycles. The van der Waals surface area contributed by atoms with Crippen molar-refractivity contribution in [2.75, 3.05) is 30.5 Å². The smallest absolute Gasteiger partial charge is 0.264 e. The molecular weight excluding hydrogens is 352 g/mol. The maximum Gasteiger partial charge on any atom is 0.264 e. The number of anilines is 1. The zero-order valence-electron chi connectivity index (χ0n) is 14.2. The lowest BCUT2D eigenvalue weighted by atomic mass is 10.1. The van der Waals surface area contributed by atoms with E-state index >= 15 is 0 Å². The minimum absolute atomic E-state index is 0.132. The lowest BCUT2D eigenvalue weighted by Gasteiger charge is -2.23. The van der Waals surface area contributed by atoms with E-state index in [4.69, 9.17) is 4.74 Å². The molecule has 0 saturated carbocycles. The number of morpholine rings is 1. The molecule has 2 heterocycles. The molecule has 26 heavy (non-hydrogen) atoms. The van der Waals surface area contributed by atoms with E-state index < -0.39 is 16.1 Å². The van der Waals surface area contributed by atoms with Crippen LogP contribution in [0.3, 0.4) is 0 Å². The van der Waals surface area contributed by atoms with Gasteiger partial charge in [0, 0.05) is 25.2 Å². The first-order valence-electron chi connectivity index (χ1n) is 8.64. The van der Waals surface area contributed by atoms with Gasteiger partial charge in [-0.05, 0) is 42.3 Å². The maximum absolute atomic E-state index is 13.0. The Labute approximate surface area is 152 Å². The minimum atomic E-state index is -3.64. The van der Waals surface area contributed by atoms with Crippen LogP contribution >= 0.6 is 0 Å². The number of hydrogen-bond donors (Lipinski definition) is 1. The highest BCUT2D eigenvalue weighted by Crippen LogP contribution is 2.32. The standard InChI is InChI=1S/C19H20N2O4S/c22-19(18-13-20-10-12-25-18)15-5-7-16(8-6-15)26(23,24)21-11-9-14-3-1-2-4-17(14)21/h1-8,18,20H,9-13H2. The number of ketones is 1. The summed E-state index contributed by atoms with van der Waals surface area (Å²) in [6.45, 7) is 2.14. The highest BCUT2D eigenvalue weighted by atomic mass is 32.2. The summed E-state index contributed by atoms with van der Waals surface area (Å²) >= 11 is 0. The van der Waals surface area contributed by atoms with E-state index in [-0.39, 0.29) is 10.7 Å². The van der Waals surface area contributed by atoms with Gasteiger partial charge in [0.05, 0.1) is 17.2 Å². The molecule has 0 amide bonds. The highest BCUT2D eigenvalue weighted by molar-refractivity contribution is 7.92. The zero-order valence-corrected chi connectivity index (χ0v) is 15.0. The van der Waals surface area contributed by atoms with Gasteiger partial charge in [-0.3, -0.25) is 9.10 Å². The Hall–Kier alpha value is -2.22. The predicted octanol–water partition coefficient (Wildman–Crippen LogP) is 1.61. The fourth-order valence-electron chi connectivity index (χ4n) is 3.40. The van der Waals surface area contributed by atoms with Crippen molar-refractivity contribution in [3.05, 3.63) is 59.7 Å². The summed E-state index contributed by atoms with van der Waals surface area (Å²) in [4.78, 5) is 12.6. The largest absolute Gasteiger partial charge is 0.367 e. The number of hydrogen-bond acceptors (Lipinski definition) is 5. The maximum atomic E-state index is 13.0. The van der Waals surface area contributed by atoms with Crippen molar-refractivity contribution in [1.29, 1.82) is 0 Å². The normalized spacial score (nSPS) is 20.0. The number of rotatable bonds is 4. The number of nitrogens with one attached hydrogen (secondary N) is 1. The van der Waals surface area contributed by atoms with E-state index in [1.807, 2.05) is 24.3 Å². The van der Waals surface area contributed by atoms with Crippen molar-refractivity contribution in [2.24, 2.45) is 0 Å². The molecule has 0 aromatic heterocycles. The van der Waals surface area contributed by atoms with Gasteiger partial charge in [0.2, 0.25) is 0 Å². The number of nitrogens with zero attached hydrogens (tertiary/aromatic N) is 1. The fraction of sp³-hybridized carbons (Fsp3) is 0.316. The molecule has 0 radical (unpaired) electrons. The average Bonchev–Trinajstić information content (AvgIpc) is 3.13. The summed E-state index contributed by atoms with van der Waals surface area (Å²) in [7, 11) is -3.64. The summed E-state index contributed by atoms with van der Waals surface area (Å²) in [6.07, 6.45) is 0.189. The molecule has 1 unspecified atom stereocenters. The van der Waals surface area contributed by atoms with E-state index in [0.29, 0.717) is 31.7 Å². The third-order valence-electron chi connectivity index (χ3n) is 4.79. The summed E-state index contributed by atoms with van der Waals surface area (Å²) < 4.78 is 32.9. The first-order valence-corrected chi connectivity index (χ1v) is 10.1. The fourth-order valence-corrected chi connectivity index (χ4v) is 4.90. The third-order valence-corrected chi connectivity index (χ3v) is 6.62. The topological polar surface area (TPSA) is 75.7 Å². The number of fused-ring (bicyclic) bond motifs is 1. The quantitative estimate of drug-likeness (QED) is 0.826. The molecule has 136 valence electrons. The molecule has 1 fully saturated rings. The van der Waals surface area contributed by atoms with E-state index in [2.05, 4.69) is 5.32 Å². The van der Waals surface area contributed by atoms with Gasteiger partial charge in [0.25, 0.3) is 10.0 Å². The summed E-state index contributed by atoms with van der Waals surface area (Å²) in [5, 5.41) is 3.12. The Morgan fingerprint density at radius 2 is 1.88 bits per heavy atom. The Morgan fingerprint density at radius 1 is 1.12 bits per heavy atom. The van der Waals surface area contributed by atoms with Crippen molar-refractivity contribution >= 4 is 21.5 Å². The van der Waals surface area contributed by atoms with Crippen LogP contribution in [0.25, 0.3) is 0 Å². The number of carbonyl (C=O) groups is 1. The van der Waals surface area contributed by atoms with Crippen LogP contribution in [0.15, 0.2) is 53.4 Å². The van der Waals surface area contributed by atoms with Crippen LogP contribution in [0.1, 0.15) is 15.9 Å². The van der Waals surface area contributed by atoms with Gasteiger partial charge in [-0.15, -0.1) is 0 Å². The first-order chi connectivity index (χ1) is 12.6. The van der Waals surface area contributed by atoms with Crippen LogP contribution in [-0.4, -0.2) is 46.5 Å². The Bertz CT molecular complexity index is 919. The Balaban J connectivity index is 1.57. The van der Waals surface area contributed by atoms with Gasteiger partial charge in [0.15, 0.2) is 5.78 Å². The Morgan fingerprint density at radius 3 is 2.62 bits per heavy atom. The molecule has 0 bridgehead atoms. The summed E-state index contributed by atoms with van der Waals surface area (Å²) in [6, 6.07) is 13.7. The van der Waals surface area contributed by atoms with Gasteiger partial charge in [0.1, 0.15) is 6.10 Å². The lowest BCUT2D eigenvalue weighted by molar-refractivity contribution is 0.0269. The SMILES string of the molecule is O=C(c1ccc(S(=O)(=O)N2CCc3ccccc32)cc1)C1CNCCO1. The molecule has 0 spiro atoms. The van der Waals surface area contributed by atoms with Crippen molar-refractivity contribution < 1.29 is 17.9 Å². The van der Waals surface area contributed by atoms with Crippen LogP contribution in [-0.2, 0) is 21.2 Å². The second kappa shape index (κ2) is 6.83. The zero-order chi connectivity index (χ0) is 18.1. The van der Waals surface area contributed by atoms with E-state index in [0.717, 1.165) is 17.8 Å². The molecule has 2 aromatic carbocycles. The molecule has 1 atom stereocenters. The van der Waals surface area contributed by atoms with Crippen LogP contribution < -0.4 is 9.62 Å². The third kappa shape index (κ3) is 3.02. The van der Waals surface area contributed by atoms with Crippen molar-refractivity contribution in [3.8, 4) is 0 Å². The lowest BCUT2D eigenvalue weighted by Crippen LogP contribution is -2.43. The van der Waals surface area contributed by atoms with Crippen LogP contribution in [0.2, 0.25) is 0 Å². The minimum Gasteiger partial charge on any atom is -0.367 e. The number of Topliss-reactive ketones (excluding diaryl/α,β-unsaturated/α-hetero) is 1. The number of benzene rings is 2. The van der Waals surface area contributed by atoms with Crippen LogP contribution in [0.4, 0.5) is 5.69 Å². The van der Waals surface area contributed by atoms with Crippen LogP contribution in [0.5, 0.6) is 0 Å². The van der Waals surface area contributed by atoms with Crippen molar-refractivity contribution in [3.63, 3.8) is 0 Å². The average molecular weight is 372 g/mol. The van der Waals surface area contributed by atoms with Crippen LogP contribution in [0, 0.1) is 0 Å². The Kier molecular flexibility index (Phi) is 4.52. The first kappa shape index (κ1) is 17.2. The van der Waals surface area contributed by atoms with Crippen molar-refractivity contribution in [1.82, 2.24) is 5.32 Å². The van der Waals surface area contributed by atoms with E-state index in [9.17, 15) is 13.2 Å². The monoisotopic (exact) mass is 372 g/mol. The van der Waals surface area contributed by atoms with E-state index in [1.54, 1.807) is 12.1 Å². The van der Waals surface area contributed by atoms with Crippen molar-refractivity contribution in [2.45, 2.75) is 17.4 Å². The second-order valence-electron chi connectivity index (χ2n) is 6.41. The van der Waals surface area contributed by atoms with E-state index in [1.165, 1.54) is 16.4 Å². The molecular formula is C19H20N2O4S. The number of carbonyl (C=O) groups excluding carboxylic acids is 1. The van der Waals surface area contributed by atoms with Gasteiger partial charge in [-0.2, -0.15) is 0 Å². The summed E-state index contributed by atoms with van der Waals surface area (Å²) in [5.74, 6) is -0.132. The molecule has 7 heteroatoms.